The highest BCUT2D eigenvalue weighted by molar-refractivity contribution is 7.07. The van der Waals surface area contributed by atoms with E-state index in [2.05, 4.69) is 4.99 Å². The van der Waals surface area contributed by atoms with Crippen LogP contribution in [0.3, 0.4) is 0 Å². The fourth-order valence-corrected chi connectivity index (χ4v) is 5.33. The molecule has 0 saturated heterocycles. The van der Waals surface area contributed by atoms with Crippen LogP contribution in [0.15, 0.2) is 51.4 Å². The van der Waals surface area contributed by atoms with Gasteiger partial charge < -0.3 is 28.8 Å². The van der Waals surface area contributed by atoms with Crippen LogP contribution in [-0.2, 0) is 9.53 Å². The first-order valence-electron chi connectivity index (χ1n) is 11.6. The highest BCUT2D eigenvalue weighted by Crippen LogP contribution is 2.39. The zero-order chi connectivity index (χ0) is 27.6. The first-order chi connectivity index (χ1) is 18.3. The van der Waals surface area contributed by atoms with Gasteiger partial charge in [-0.25, -0.2) is 9.79 Å². The molecule has 3 aromatic rings. The first-order valence-corrected chi connectivity index (χ1v) is 12.5. The van der Waals surface area contributed by atoms with Crippen LogP contribution in [0.5, 0.6) is 28.7 Å². The maximum atomic E-state index is 13.9. The molecule has 0 bridgehead atoms. The number of carbonyl (C=O) groups excluding carboxylic acids is 1. The van der Waals surface area contributed by atoms with E-state index in [1.807, 2.05) is 0 Å². The van der Waals surface area contributed by atoms with E-state index in [-0.39, 0.29) is 35.0 Å². The number of nitrogens with zero attached hydrogens (tertiary/aromatic N) is 2. The molecule has 10 nitrogen and oxygen atoms in total. The third kappa shape index (κ3) is 4.72. The minimum absolute atomic E-state index is 0.145. The molecule has 1 aliphatic heterocycles. The van der Waals surface area contributed by atoms with Crippen molar-refractivity contribution in [2.45, 2.75) is 19.9 Å². The number of aromatic hydroxyl groups is 1. The number of phenols is 1. The number of phenolic OH excluding ortho intramolecular Hbond substituents is 1. The smallest absolute Gasteiger partial charge is 0.338 e. The predicted octanol–water partition coefficient (Wildman–Crippen LogP) is 2.54. The summed E-state index contributed by atoms with van der Waals surface area (Å²) in [6.07, 6.45) is 1.65. The van der Waals surface area contributed by atoms with Crippen molar-refractivity contribution in [3.8, 4) is 28.7 Å². The number of allylic oxidation sites excluding steroid dienone is 1. The third-order valence-electron chi connectivity index (χ3n) is 6.05. The number of methoxy groups -OCH3 is 4. The van der Waals surface area contributed by atoms with Crippen molar-refractivity contribution in [2.24, 2.45) is 4.99 Å². The summed E-state index contributed by atoms with van der Waals surface area (Å²) >= 11 is 1.17. The van der Waals surface area contributed by atoms with Gasteiger partial charge in [-0.2, -0.15) is 0 Å². The van der Waals surface area contributed by atoms with Crippen molar-refractivity contribution in [1.29, 1.82) is 0 Å². The molecule has 0 aliphatic carbocycles. The fraction of sp³-hybridized carbons (Fsp3) is 0.296. The quantitative estimate of drug-likeness (QED) is 0.433. The SMILES string of the molecule is CCOC(=O)C1=C(C)N=c2s/c(=C/c3cc(OC)c(O)c(OC)c3)c(=O)n2[C@@H]1c1cc(OC)ccc1OC. The molecular formula is C27H28N2O8S. The Bertz CT molecular complexity index is 1580. The Labute approximate surface area is 222 Å². The van der Waals surface area contributed by atoms with Crippen molar-refractivity contribution in [2.75, 3.05) is 35.0 Å². The van der Waals surface area contributed by atoms with Gasteiger partial charge >= 0.3 is 5.97 Å². The molecule has 4 rings (SSSR count). The summed E-state index contributed by atoms with van der Waals surface area (Å²) in [5.41, 5.74) is 1.40. The normalized spacial score (nSPS) is 15.0. The number of fused-ring (bicyclic) bond motifs is 1. The van der Waals surface area contributed by atoms with Gasteiger partial charge in [-0.3, -0.25) is 9.36 Å². The maximum Gasteiger partial charge on any atom is 0.338 e. The Morgan fingerprint density at radius 1 is 1.05 bits per heavy atom. The van der Waals surface area contributed by atoms with Crippen LogP contribution in [0.25, 0.3) is 6.08 Å². The molecule has 1 atom stereocenters. The summed E-state index contributed by atoms with van der Waals surface area (Å²) < 4.78 is 28.7. The summed E-state index contributed by atoms with van der Waals surface area (Å²) in [4.78, 5) is 32.0. The molecule has 11 heteroatoms. The molecule has 1 aliphatic rings. The van der Waals surface area contributed by atoms with Crippen molar-refractivity contribution >= 4 is 23.4 Å². The number of esters is 1. The number of thiazole rings is 1. The van der Waals surface area contributed by atoms with E-state index in [0.29, 0.717) is 37.7 Å². The highest BCUT2D eigenvalue weighted by atomic mass is 32.1. The number of rotatable bonds is 8. The van der Waals surface area contributed by atoms with E-state index in [9.17, 15) is 14.7 Å². The van der Waals surface area contributed by atoms with Gasteiger partial charge in [0.05, 0.1) is 50.8 Å². The number of aromatic nitrogens is 1. The van der Waals surface area contributed by atoms with E-state index < -0.39 is 12.0 Å². The van der Waals surface area contributed by atoms with Crippen LogP contribution in [0.1, 0.15) is 31.0 Å². The van der Waals surface area contributed by atoms with E-state index in [0.717, 1.165) is 0 Å². The summed E-state index contributed by atoms with van der Waals surface area (Å²) in [6, 6.07) is 7.49. The van der Waals surface area contributed by atoms with Crippen LogP contribution in [0.2, 0.25) is 0 Å². The molecule has 2 aromatic carbocycles. The second kappa shape index (κ2) is 11.0. The van der Waals surface area contributed by atoms with Gasteiger partial charge in [-0.1, -0.05) is 11.3 Å². The largest absolute Gasteiger partial charge is 0.502 e. The lowest BCUT2D eigenvalue weighted by atomic mass is 9.94. The maximum absolute atomic E-state index is 13.9. The standard InChI is InChI=1S/C27H28N2O8S/c1-7-37-26(32)22-14(2)28-27-29(23(22)17-13-16(33-3)8-9-18(17)34-4)25(31)21(38-27)12-15-10-19(35-5)24(30)20(11-15)36-6/h8-13,23,30H,7H2,1-6H3/b21-12+/t23-/m1/s1. The third-order valence-corrected chi connectivity index (χ3v) is 7.03. The lowest BCUT2D eigenvalue weighted by Gasteiger charge is -2.26. The molecular weight excluding hydrogens is 512 g/mol. The summed E-state index contributed by atoms with van der Waals surface area (Å²) in [6.45, 7) is 3.58. The van der Waals surface area contributed by atoms with Crippen molar-refractivity contribution in [3.05, 3.63) is 72.4 Å². The van der Waals surface area contributed by atoms with E-state index >= 15 is 0 Å². The molecule has 2 heterocycles. The molecule has 0 radical (unpaired) electrons. The number of hydrogen-bond acceptors (Lipinski definition) is 10. The fourth-order valence-electron chi connectivity index (χ4n) is 4.29. The number of ether oxygens (including phenoxy) is 5. The topological polar surface area (TPSA) is 118 Å². The van der Waals surface area contributed by atoms with Crippen molar-refractivity contribution in [3.63, 3.8) is 0 Å². The van der Waals surface area contributed by atoms with Crippen LogP contribution in [0, 0.1) is 0 Å². The Morgan fingerprint density at radius 2 is 1.71 bits per heavy atom. The van der Waals surface area contributed by atoms with Gasteiger partial charge in [-0.05, 0) is 55.8 Å². The minimum atomic E-state index is -0.874. The number of carbonyl (C=O) groups is 1. The van der Waals surface area contributed by atoms with Gasteiger partial charge in [0, 0.05) is 5.56 Å². The average molecular weight is 541 g/mol. The molecule has 38 heavy (non-hydrogen) atoms. The average Bonchev–Trinajstić information content (AvgIpc) is 3.22. The van der Waals surface area contributed by atoms with Gasteiger partial charge in [0.1, 0.15) is 17.5 Å². The lowest BCUT2D eigenvalue weighted by Crippen LogP contribution is -2.40. The summed E-state index contributed by atoms with van der Waals surface area (Å²) in [5.74, 6) is 0.670. The second-order valence-electron chi connectivity index (χ2n) is 8.18. The Hall–Kier alpha value is -4.25. The van der Waals surface area contributed by atoms with Crippen molar-refractivity contribution in [1.82, 2.24) is 4.57 Å². The van der Waals surface area contributed by atoms with Gasteiger partial charge in [0.2, 0.25) is 5.75 Å². The van der Waals surface area contributed by atoms with Crippen LogP contribution < -0.4 is 33.8 Å². The number of benzene rings is 2. The lowest BCUT2D eigenvalue weighted by molar-refractivity contribution is -0.139. The first kappa shape index (κ1) is 26.8. The molecule has 0 saturated carbocycles. The van der Waals surface area contributed by atoms with Crippen LogP contribution >= 0.6 is 11.3 Å². The molecule has 0 amide bonds. The predicted molar refractivity (Wildman–Crippen MR) is 141 cm³/mol. The highest BCUT2D eigenvalue weighted by Gasteiger charge is 2.35. The zero-order valence-corrected chi connectivity index (χ0v) is 22.7. The molecule has 0 unspecified atom stereocenters. The Kier molecular flexibility index (Phi) is 7.77. The van der Waals surface area contributed by atoms with Gasteiger partial charge in [0.25, 0.3) is 5.56 Å². The van der Waals surface area contributed by atoms with E-state index in [1.165, 1.54) is 44.3 Å². The molecule has 1 N–H and O–H groups in total. The second-order valence-corrected chi connectivity index (χ2v) is 9.19. The van der Waals surface area contributed by atoms with Gasteiger partial charge in [0.15, 0.2) is 16.3 Å². The monoisotopic (exact) mass is 540 g/mol. The molecule has 200 valence electrons. The Balaban J connectivity index is 2.01. The number of hydrogen-bond donors (Lipinski definition) is 1. The molecule has 0 spiro atoms. The van der Waals surface area contributed by atoms with E-state index in [1.54, 1.807) is 50.3 Å². The van der Waals surface area contributed by atoms with Gasteiger partial charge in [-0.15, -0.1) is 0 Å². The zero-order valence-electron chi connectivity index (χ0n) is 21.9. The summed E-state index contributed by atoms with van der Waals surface area (Å²) in [5, 5.41) is 10.3. The minimum Gasteiger partial charge on any atom is -0.502 e. The van der Waals surface area contributed by atoms with Crippen molar-refractivity contribution < 1.29 is 33.6 Å². The molecule has 0 fully saturated rings. The van der Waals surface area contributed by atoms with Crippen LogP contribution in [0.4, 0.5) is 0 Å². The molecule has 1 aromatic heterocycles. The van der Waals surface area contributed by atoms with E-state index in [4.69, 9.17) is 23.7 Å². The summed E-state index contributed by atoms with van der Waals surface area (Å²) in [7, 11) is 5.90. The van der Waals surface area contributed by atoms with Crippen LogP contribution in [-0.4, -0.2) is 50.7 Å². The Morgan fingerprint density at radius 3 is 2.29 bits per heavy atom.